The number of esters is 1. The Morgan fingerprint density at radius 1 is 1.44 bits per heavy atom. The molecule has 2 aromatic rings. The minimum atomic E-state index is -0.335. The Morgan fingerprint density at radius 3 is 2.81 bits per heavy atom. The van der Waals surface area contributed by atoms with Gasteiger partial charge in [0.2, 0.25) is 0 Å². The fourth-order valence-corrected chi connectivity index (χ4v) is 1.33. The summed E-state index contributed by atoms with van der Waals surface area (Å²) in [6, 6.07) is 5.34. The second-order valence-corrected chi connectivity index (χ2v) is 3.30. The molecule has 0 fully saturated rings. The Labute approximate surface area is 91.8 Å². The highest BCUT2D eigenvalue weighted by Crippen LogP contribution is 2.20. The molecule has 0 radical (unpaired) electrons. The summed E-state index contributed by atoms with van der Waals surface area (Å²) in [5.74, 6) is 0.211. The van der Waals surface area contributed by atoms with E-state index in [-0.39, 0.29) is 5.97 Å². The van der Waals surface area contributed by atoms with E-state index in [4.69, 9.17) is 4.74 Å². The van der Waals surface area contributed by atoms with E-state index < -0.39 is 0 Å². The maximum Gasteiger partial charge on any atom is 0.308 e. The molecule has 1 aromatic carbocycles. The van der Waals surface area contributed by atoms with Crippen molar-refractivity contribution in [3.63, 3.8) is 0 Å². The first-order valence-electron chi connectivity index (χ1n) is 4.69. The number of aromatic nitrogens is 4. The van der Waals surface area contributed by atoms with Crippen LogP contribution < -0.4 is 4.74 Å². The summed E-state index contributed by atoms with van der Waals surface area (Å²) in [5.41, 5.74) is 1.67. The topological polar surface area (TPSA) is 69.9 Å². The Balaban J connectivity index is 2.33. The summed E-state index contributed by atoms with van der Waals surface area (Å²) in [6.45, 7) is 3.22. The van der Waals surface area contributed by atoms with Crippen LogP contribution in [0.4, 0.5) is 0 Å². The molecule has 82 valence electrons. The van der Waals surface area contributed by atoms with Gasteiger partial charge in [-0.05, 0) is 41.1 Å². The molecule has 1 aromatic heterocycles. The van der Waals surface area contributed by atoms with Gasteiger partial charge in [-0.1, -0.05) is 0 Å². The molecule has 6 nitrogen and oxygen atoms in total. The van der Waals surface area contributed by atoms with Crippen molar-refractivity contribution in [1.29, 1.82) is 0 Å². The number of tetrazole rings is 1. The van der Waals surface area contributed by atoms with Gasteiger partial charge < -0.3 is 4.74 Å². The van der Waals surface area contributed by atoms with Crippen molar-refractivity contribution < 1.29 is 9.53 Å². The van der Waals surface area contributed by atoms with E-state index in [9.17, 15) is 4.79 Å². The Morgan fingerprint density at radius 2 is 2.25 bits per heavy atom. The van der Waals surface area contributed by atoms with Crippen molar-refractivity contribution >= 4 is 5.97 Å². The number of aryl methyl sites for hydroxylation is 1. The second-order valence-electron chi connectivity index (χ2n) is 3.30. The van der Waals surface area contributed by atoms with Gasteiger partial charge in [-0.25, -0.2) is 4.68 Å². The smallest absolute Gasteiger partial charge is 0.308 e. The van der Waals surface area contributed by atoms with Gasteiger partial charge in [0.25, 0.3) is 0 Å². The van der Waals surface area contributed by atoms with Gasteiger partial charge in [-0.15, -0.1) is 5.10 Å². The molecule has 0 N–H and O–H groups in total. The molecule has 16 heavy (non-hydrogen) atoms. The van der Waals surface area contributed by atoms with Crippen LogP contribution in [0.2, 0.25) is 0 Å². The fourth-order valence-electron chi connectivity index (χ4n) is 1.33. The van der Waals surface area contributed by atoms with Crippen LogP contribution in [-0.4, -0.2) is 26.2 Å². The van der Waals surface area contributed by atoms with Gasteiger partial charge in [0.15, 0.2) is 0 Å². The molecule has 6 heteroatoms. The lowest BCUT2D eigenvalue weighted by Gasteiger charge is -2.06. The van der Waals surface area contributed by atoms with Crippen LogP contribution in [0.5, 0.6) is 5.75 Å². The van der Waals surface area contributed by atoms with Crippen LogP contribution in [0.15, 0.2) is 24.5 Å². The number of benzene rings is 1. The standard InChI is InChI=1S/C10H10N4O2/c1-7-5-9(14-6-11-12-13-14)3-4-10(7)16-8(2)15/h3-6H,1-2H3. The predicted molar refractivity (Wildman–Crippen MR) is 55.2 cm³/mol. The largest absolute Gasteiger partial charge is 0.426 e. The van der Waals surface area contributed by atoms with Crippen LogP contribution in [0.1, 0.15) is 12.5 Å². The summed E-state index contributed by atoms with van der Waals surface area (Å²) >= 11 is 0. The molecule has 0 aliphatic rings. The third-order valence-corrected chi connectivity index (χ3v) is 2.03. The molecule has 0 aliphatic carbocycles. The van der Waals surface area contributed by atoms with Crippen molar-refractivity contribution in [3.8, 4) is 11.4 Å². The van der Waals surface area contributed by atoms with Crippen molar-refractivity contribution in [3.05, 3.63) is 30.1 Å². The maximum absolute atomic E-state index is 10.8. The third-order valence-electron chi connectivity index (χ3n) is 2.03. The SMILES string of the molecule is CC(=O)Oc1ccc(-n2cnnn2)cc1C. The highest BCUT2D eigenvalue weighted by atomic mass is 16.5. The Kier molecular flexibility index (Phi) is 2.63. The molecule has 0 saturated carbocycles. The third kappa shape index (κ3) is 2.05. The van der Waals surface area contributed by atoms with Gasteiger partial charge in [0.05, 0.1) is 5.69 Å². The number of carbonyl (C=O) groups excluding carboxylic acids is 1. The first kappa shape index (κ1) is 10.3. The zero-order valence-electron chi connectivity index (χ0n) is 8.91. The molecule has 0 aliphatic heterocycles. The lowest BCUT2D eigenvalue weighted by atomic mass is 10.2. The van der Waals surface area contributed by atoms with E-state index >= 15 is 0 Å². The van der Waals surface area contributed by atoms with Gasteiger partial charge in [-0.3, -0.25) is 4.79 Å². The van der Waals surface area contributed by atoms with E-state index in [2.05, 4.69) is 15.5 Å². The number of nitrogens with zero attached hydrogens (tertiary/aromatic N) is 4. The average molecular weight is 218 g/mol. The monoisotopic (exact) mass is 218 g/mol. The summed E-state index contributed by atoms with van der Waals surface area (Å²) in [5, 5.41) is 10.9. The molecule has 0 unspecified atom stereocenters. The lowest BCUT2D eigenvalue weighted by Crippen LogP contribution is -2.03. The van der Waals surface area contributed by atoms with E-state index in [1.165, 1.54) is 17.9 Å². The van der Waals surface area contributed by atoms with Crippen LogP contribution in [0.25, 0.3) is 5.69 Å². The van der Waals surface area contributed by atoms with Gasteiger partial charge in [0, 0.05) is 6.92 Å². The molecule has 0 atom stereocenters. The van der Waals surface area contributed by atoms with E-state index in [1.54, 1.807) is 12.1 Å². The van der Waals surface area contributed by atoms with Gasteiger partial charge >= 0.3 is 5.97 Å². The molecule has 0 bridgehead atoms. The van der Waals surface area contributed by atoms with E-state index in [0.717, 1.165) is 11.3 Å². The van der Waals surface area contributed by atoms with Crippen molar-refractivity contribution in [2.45, 2.75) is 13.8 Å². The summed E-state index contributed by atoms with van der Waals surface area (Å²) in [7, 11) is 0. The van der Waals surface area contributed by atoms with Crippen LogP contribution in [0.3, 0.4) is 0 Å². The van der Waals surface area contributed by atoms with Crippen LogP contribution in [0, 0.1) is 6.92 Å². The quantitative estimate of drug-likeness (QED) is 0.553. The van der Waals surface area contributed by atoms with Crippen LogP contribution >= 0.6 is 0 Å². The molecule has 2 rings (SSSR count). The van der Waals surface area contributed by atoms with Crippen molar-refractivity contribution in [1.82, 2.24) is 20.2 Å². The fraction of sp³-hybridized carbons (Fsp3) is 0.200. The number of rotatable bonds is 2. The number of ether oxygens (including phenoxy) is 1. The molecular formula is C10H10N4O2. The van der Waals surface area contributed by atoms with Crippen molar-refractivity contribution in [2.75, 3.05) is 0 Å². The molecule has 1 heterocycles. The number of hydrogen-bond donors (Lipinski definition) is 0. The Bertz CT molecular complexity index is 508. The summed E-state index contributed by atoms with van der Waals surface area (Å²) in [4.78, 5) is 10.8. The highest BCUT2D eigenvalue weighted by Gasteiger charge is 2.05. The number of carbonyl (C=O) groups is 1. The van der Waals surface area contributed by atoms with Crippen molar-refractivity contribution in [2.24, 2.45) is 0 Å². The zero-order chi connectivity index (χ0) is 11.5. The Hall–Kier alpha value is -2.24. The minimum absolute atomic E-state index is 0.335. The second kappa shape index (κ2) is 4.09. The lowest BCUT2D eigenvalue weighted by molar-refractivity contribution is -0.131. The number of hydrogen-bond acceptors (Lipinski definition) is 5. The normalized spacial score (nSPS) is 10.1. The summed E-state index contributed by atoms with van der Waals surface area (Å²) < 4.78 is 6.55. The molecule has 0 saturated heterocycles. The van der Waals surface area contributed by atoms with Crippen LogP contribution in [-0.2, 0) is 4.79 Å². The van der Waals surface area contributed by atoms with Gasteiger partial charge in [0.1, 0.15) is 12.1 Å². The van der Waals surface area contributed by atoms with Gasteiger partial charge in [-0.2, -0.15) is 0 Å². The minimum Gasteiger partial charge on any atom is -0.426 e. The maximum atomic E-state index is 10.8. The zero-order valence-corrected chi connectivity index (χ0v) is 8.91. The summed E-state index contributed by atoms with van der Waals surface area (Å²) in [6.07, 6.45) is 1.50. The molecule has 0 spiro atoms. The first-order chi connectivity index (χ1) is 7.66. The molecular weight excluding hydrogens is 208 g/mol. The van der Waals surface area contributed by atoms with E-state index in [0.29, 0.717) is 5.75 Å². The predicted octanol–water partition coefficient (Wildman–Crippen LogP) is 0.896. The highest BCUT2D eigenvalue weighted by molar-refractivity contribution is 5.70. The average Bonchev–Trinajstić information content (AvgIpc) is 2.73. The first-order valence-corrected chi connectivity index (χ1v) is 4.69. The molecule has 0 amide bonds. The van der Waals surface area contributed by atoms with E-state index in [1.807, 2.05) is 13.0 Å².